The predicted octanol–water partition coefficient (Wildman–Crippen LogP) is 5.68. The molecule has 212 valence electrons. The number of hydrogen-bond donors (Lipinski definition) is 1. The molecule has 2 aromatic carbocycles. The fourth-order valence-corrected chi connectivity index (χ4v) is 4.55. The molecule has 0 spiro atoms. The van der Waals surface area contributed by atoms with Gasteiger partial charge in [0.1, 0.15) is 49.6 Å². The molecule has 1 N–H and O–H groups in total. The zero-order valence-electron chi connectivity index (χ0n) is 20.8. The van der Waals surface area contributed by atoms with Crippen molar-refractivity contribution in [2.24, 2.45) is 5.92 Å². The molecule has 1 saturated heterocycles. The number of rotatable bonds is 10. The largest absolute Gasteiger partial charge is 0.489 e. The van der Waals surface area contributed by atoms with Crippen LogP contribution in [0.1, 0.15) is 29.5 Å². The molecule has 1 fully saturated rings. The van der Waals surface area contributed by atoms with Crippen molar-refractivity contribution >= 4 is 12.0 Å². The summed E-state index contributed by atoms with van der Waals surface area (Å²) in [5.74, 6) is -2.38. The van der Waals surface area contributed by atoms with Gasteiger partial charge in [0.25, 0.3) is 0 Å². The maximum atomic E-state index is 14.9. The van der Waals surface area contributed by atoms with E-state index in [9.17, 15) is 36.2 Å². The number of carbonyl (C=O) groups is 1. The van der Waals surface area contributed by atoms with Gasteiger partial charge in [-0.3, -0.25) is 9.69 Å². The summed E-state index contributed by atoms with van der Waals surface area (Å²) in [5.41, 5.74) is -0.150. The van der Waals surface area contributed by atoms with E-state index in [-0.39, 0.29) is 35.8 Å². The monoisotopic (exact) mass is 559 g/mol. The van der Waals surface area contributed by atoms with Crippen molar-refractivity contribution in [2.45, 2.75) is 31.7 Å². The molecular weight excluding hydrogens is 532 g/mol. The number of fused-ring (bicyclic) bond motifs is 1. The molecule has 2 aliphatic rings. The van der Waals surface area contributed by atoms with Gasteiger partial charge in [-0.25, -0.2) is 13.2 Å². The summed E-state index contributed by atoms with van der Waals surface area (Å²) in [6.07, 6.45) is -3.47. The van der Waals surface area contributed by atoms with Gasteiger partial charge in [0, 0.05) is 25.2 Å². The smallest absolute Gasteiger partial charge is 0.419 e. The Hall–Kier alpha value is -3.41. The maximum Gasteiger partial charge on any atom is 0.419 e. The number of ether oxygens (including phenoxy) is 3. The van der Waals surface area contributed by atoms with E-state index in [1.165, 1.54) is 12.1 Å². The van der Waals surface area contributed by atoms with Gasteiger partial charge in [0.05, 0.1) is 17.0 Å². The van der Waals surface area contributed by atoms with Crippen LogP contribution in [0.4, 0.5) is 26.3 Å². The van der Waals surface area contributed by atoms with Gasteiger partial charge >= 0.3 is 12.1 Å². The molecule has 6 nitrogen and oxygen atoms in total. The Kier molecular flexibility index (Phi) is 8.94. The summed E-state index contributed by atoms with van der Waals surface area (Å²) in [6.45, 7) is -1.17. The van der Waals surface area contributed by atoms with Crippen LogP contribution in [0.25, 0.3) is 6.08 Å². The molecule has 0 saturated carbocycles. The number of halogens is 6. The second-order valence-electron chi connectivity index (χ2n) is 9.49. The topological polar surface area (TPSA) is 68.2 Å². The normalized spacial score (nSPS) is 17.8. The van der Waals surface area contributed by atoms with Crippen LogP contribution in [0.5, 0.6) is 17.2 Å². The lowest BCUT2D eigenvalue weighted by molar-refractivity contribution is -0.143. The molecule has 0 amide bonds. The minimum atomic E-state index is -4.85. The molecule has 0 aliphatic carbocycles. The summed E-state index contributed by atoms with van der Waals surface area (Å²) in [7, 11) is 0. The number of carboxylic acid groups (broad SMARTS) is 1. The highest BCUT2D eigenvalue weighted by Gasteiger charge is 2.35. The van der Waals surface area contributed by atoms with Crippen LogP contribution in [-0.2, 0) is 17.6 Å². The van der Waals surface area contributed by atoms with Gasteiger partial charge < -0.3 is 19.3 Å². The Balaban J connectivity index is 1.44. The lowest BCUT2D eigenvalue weighted by atomic mass is 9.97. The highest BCUT2D eigenvalue weighted by molar-refractivity contribution is 5.70. The molecule has 0 aromatic heterocycles. The van der Waals surface area contributed by atoms with E-state index in [0.29, 0.717) is 19.5 Å². The number of nitrogens with zero attached hydrogens (tertiary/aromatic N) is 1. The molecule has 1 atom stereocenters. The van der Waals surface area contributed by atoms with E-state index < -0.39 is 54.6 Å². The third-order valence-corrected chi connectivity index (χ3v) is 6.50. The number of benzene rings is 2. The predicted molar refractivity (Wildman–Crippen MR) is 129 cm³/mol. The van der Waals surface area contributed by atoms with Crippen molar-refractivity contribution in [1.82, 2.24) is 4.90 Å². The molecule has 0 unspecified atom stereocenters. The quantitative estimate of drug-likeness (QED) is 0.378. The van der Waals surface area contributed by atoms with E-state index in [1.807, 2.05) is 4.90 Å². The molecule has 0 bridgehead atoms. The van der Waals surface area contributed by atoms with Crippen LogP contribution in [0, 0.1) is 11.7 Å². The molecule has 12 heteroatoms. The van der Waals surface area contributed by atoms with Crippen LogP contribution >= 0.6 is 0 Å². The molecular formula is C27H27F6NO5. The van der Waals surface area contributed by atoms with E-state index >= 15 is 0 Å². The van der Waals surface area contributed by atoms with Crippen LogP contribution < -0.4 is 14.2 Å². The minimum Gasteiger partial charge on any atom is -0.489 e. The molecule has 4 rings (SSSR count). The maximum absolute atomic E-state index is 14.9. The summed E-state index contributed by atoms with van der Waals surface area (Å²) in [5, 5.41) is 9.27. The number of carboxylic acids is 1. The fraction of sp³-hybridized carbons (Fsp3) is 0.444. The minimum absolute atomic E-state index is 0.0345. The highest BCUT2D eigenvalue weighted by Crippen LogP contribution is 2.38. The Morgan fingerprint density at radius 2 is 1.95 bits per heavy atom. The summed E-state index contributed by atoms with van der Waals surface area (Å²) < 4.78 is 97.0. The van der Waals surface area contributed by atoms with Crippen molar-refractivity contribution in [3.05, 3.63) is 58.4 Å². The average Bonchev–Trinajstić information content (AvgIpc) is 2.91. The SMILES string of the molecule is O=C(O)[C@@H]1CCCN(CC2=Cc3c(F)cc(OCc4ccc(OC(CF)CF)c(C(F)(F)F)c4)cc3OC2)C1. The van der Waals surface area contributed by atoms with E-state index in [1.54, 1.807) is 6.08 Å². The van der Waals surface area contributed by atoms with Gasteiger partial charge in [-0.15, -0.1) is 0 Å². The number of aliphatic carboxylic acids is 1. The molecule has 39 heavy (non-hydrogen) atoms. The second-order valence-corrected chi connectivity index (χ2v) is 9.49. The van der Waals surface area contributed by atoms with Crippen molar-refractivity contribution in [3.63, 3.8) is 0 Å². The average molecular weight is 560 g/mol. The number of alkyl halides is 5. The fourth-order valence-electron chi connectivity index (χ4n) is 4.55. The van der Waals surface area contributed by atoms with Crippen molar-refractivity contribution in [2.75, 3.05) is 39.6 Å². The molecule has 2 aromatic rings. The Labute approximate surface area is 220 Å². The van der Waals surface area contributed by atoms with Crippen LogP contribution in [0.15, 0.2) is 35.9 Å². The first-order valence-corrected chi connectivity index (χ1v) is 12.3. The number of likely N-dealkylation sites (tertiary alicyclic amines) is 1. The van der Waals surface area contributed by atoms with Gasteiger partial charge in [0.2, 0.25) is 0 Å². The van der Waals surface area contributed by atoms with E-state index in [2.05, 4.69) is 0 Å². The Morgan fingerprint density at radius 3 is 2.64 bits per heavy atom. The van der Waals surface area contributed by atoms with Gasteiger partial charge in [-0.05, 0) is 48.7 Å². The van der Waals surface area contributed by atoms with Gasteiger partial charge in [-0.2, -0.15) is 13.2 Å². The molecule has 2 aliphatic heterocycles. The van der Waals surface area contributed by atoms with Crippen LogP contribution in [-0.4, -0.2) is 61.7 Å². The van der Waals surface area contributed by atoms with Gasteiger partial charge in [-0.1, -0.05) is 6.07 Å². The van der Waals surface area contributed by atoms with Crippen molar-refractivity contribution < 1.29 is 50.5 Å². The summed E-state index contributed by atoms with van der Waals surface area (Å²) in [4.78, 5) is 13.3. The molecule has 2 heterocycles. The van der Waals surface area contributed by atoms with Crippen molar-refractivity contribution in [3.8, 4) is 17.2 Å². The second kappa shape index (κ2) is 12.2. The Bertz CT molecular complexity index is 1210. The Morgan fingerprint density at radius 1 is 1.18 bits per heavy atom. The third kappa shape index (κ3) is 7.17. The zero-order chi connectivity index (χ0) is 28.2. The first-order valence-electron chi connectivity index (χ1n) is 12.3. The first kappa shape index (κ1) is 28.6. The summed E-state index contributed by atoms with van der Waals surface area (Å²) in [6, 6.07) is 5.50. The zero-order valence-corrected chi connectivity index (χ0v) is 20.8. The third-order valence-electron chi connectivity index (χ3n) is 6.50. The van der Waals surface area contributed by atoms with Crippen LogP contribution in [0.3, 0.4) is 0 Å². The van der Waals surface area contributed by atoms with Crippen molar-refractivity contribution in [1.29, 1.82) is 0 Å². The highest BCUT2D eigenvalue weighted by atomic mass is 19.4. The van der Waals surface area contributed by atoms with Gasteiger partial charge in [0.15, 0.2) is 6.10 Å². The van der Waals surface area contributed by atoms with E-state index in [0.717, 1.165) is 36.7 Å². The lowest BCUT2D eigenvalue weighted by Crippen LogP contribution is -2.40. The number of piperidine rings is 1. The lowest BCUT2D eigenvalue weighted by Gasteiger charge is -2.32. The van der Waals surface area contributed by atoms with Crippen LogP contribution in [0.2, 0.25) is 0 Å². The summed E-state index contributed by atoms with van der Waals surface area (Å²) >= 11 is 0. The molecule has 0 radical (unpaired) electrons. The number of hydrogen-bond acceptors (Lipinski definition) is 5. The standard InChI is InChI=1S/C27H27F6NO5/c28-10-20(11-29)39-24-4-3-16(7-22(24)27(31,32)33)14-37-19-8-23(30)21-6-17(15-38-25(21)9-19)12-34-5-1-2-18(13-34)26(35)36/h3-4,6-9,18,20H,1-2,5,10-15H2,(H,35,36)/t18-/m1/s1. The van der Waals surface area contributed by atoms with E-state index in [4.69, 9.17) is 14.2 Å². The first-order chi connectivity index (χ1) is 18.6.